The van der Waals surface area contributed by atoms with Gasteiger partial charge >= 0.3 is 12.2 Å². The zero-order valence-electron chi connectivity index (χ0n) is 13.8. The van der Waals surface area contributed by atoms with Crippen molar-refractivity contribution in [3.8, 4) is 0 Å². The van der Waals surface area contributed by atoms with E-state index in [0.717, 1.165) is 19.3 Å². The number of hydrogen-bond donors (Lipinski definition) is 2. The molecule has 134 valence electrons. The number of piperidine rings is 1. The molecule has 0 aromatic rings. The minimum absolute atomic E-state index is 0.186. The normalized spacial score (nSPS) is 23.0. The van der Waals surface area contributed by atoms with E-state index in [1.807, 2.05) is 0 Å². The Morgan fingerprint density at radius 2 is 1.87 bits per heavy atom. The lowest BCUT2D eigenvalue weighted by atomic mass is 9.91. The van der Waals surface area contributed by atoms with Crippen molar-refractivity contribution in [1.82, 2.24) is 10.2 Å². The molecule has 2 rings (SSSR count). The summed E-state index contributed by atoms with van der Waals surface area (Å²) in [6.07, 6.45) is -3.14. The zero-order valence-corrected chi connectivity index (χ0v) is 13.8. The Morgan fingerprint density at radius 3 is 2.30 bits per heavy atom. The van der Waals surface area contributed by atoms with Gasteiger partial charge in [-0.2, -0.15) is 13.2 Å². The first-order valence-corrected chi connectivity index (χ1v) is 8.40. The second kappa shape index (κ2) is 6.87. The Kier molecular flexibility index (Phi) is 5.48. The fourth-order valence-electron chi connectivity index (χ4n) is 3.56. The molecule has 0 radical (unpaired) electrons. The lowest BCUT2D eigenvalue weighted by Gasteiger charge is -2.35. The summed E-state index contributed by atoms with van der Waals surface area (Å²) in [7, 11) is 0. The molecule has 1 heterocycles. The summed E-state index contributed by atoms with van der Waals surface area (Å²) in [5, 5.41) is 12.2. The molecule has 1 saturated heterocycles. The number of likely N-dealkylation sites (tertiary alicyclic amines) is 1. The van der Waals surface area contributed by atoms with Gasteiger partial charge in [-0.25, -0.2) is 4.79 Å². The Balaban J connectivity index is 1.74. The van der Waals surface area contributed by atoms with E-state index in [2.05, 4.69) is 19.2 Å². The fourth-order valence-corrected chi connectivity index (χ4v) is 3.56. The van der Waals surface area contributed by atoms with E-state index in [4.69, 9.17) is 0 Å². The highest BCUT2D eigenvalue weighted by molar-refractivity contribution is 5.74. The molecule has 2 N–H and O–H groups in total. The number of aliphatic hydroxyl groups is 1. The third-order valence-corrected chi connectivity index (χ3v) is 5.02. The van der Waals surface area contributed by atoms with Crippen LogP contribution in [0.5, 0.6) is 0 Å². The predicted octanol–water partition coefficient (Wildman–Crippen LogP) is 3.16. The van der Waals surface area contributed by atoms with Gasteiger partial charge in [0.25, 0.3) is 0 Å². The number of alkyl halides is 3. The van der Waals surface area contributed by atoms with Crippen molar-refractivity contribution < 1.29 is 23.1 Å². The number of urea groups is 1. The highest BCUT2D eigenvalue weighted by Gasteiger charge is 2.45. The van der Waals surface area contributed by atoms with E-state index in [-0.39, 0.29) is 37.4 Å². The predicted molar refractivity (Wildman–Crippen MR) is 80.9 cm³/mol. The molecule has 1 aliphatic carbocycles. The van der Waals surface area contributed by atoms with Gasteiger partial charge in [0, 0.05) is 19.6 Å². The van der Waals surface area contributed by atoms with E-state index in [1.165, 1.54) is 0 Å². The largest absolute Gasteiger partial charge is 0.414 e. The van der Waals surface area contributed by atoms with E-state index in [0.29, 0.717) is 12.5 Å². The number of rotatable bonds is 5. The number of halogens is 3. The van der Waals surface area contributed by atoms with Gasteiger partial charge in [0.05, 0.1) is 0 Å². The summed E-state index contributed by atoms with van der Waals surface area (Å²) in [5.41, 5.74) is 0.231. The second-order valence-electron chi connectivity index (χ2n) is 7.57. The van der Waals surface area contributed by atoms with E-state index < -0.39 is 18.2 Å². The topological polar surface area (TPSA) is 52.6 Å². The van der Waals surface area contributed by atoms with E-state index >= 15 is 0 Å². The average molecular weight is 336 g/mol. The molecule has 1 aliphatic heterocycles. The lowest BCUT2D eigenvalue weighted by molar-refractivity contribution is -0.222. The second-order valence-corrected chi connectivity index (χ2v) is 7.57. The van der Waals surface area contributed by atoms with Crippen LogP contribution in [-0.2, 0) is 0 Å². The zero-order chi connectivity index (χ0) is 17.3. The molecule has 0 aromatic carbocycles. The average Bonchev–Trinajstić information content (AvgIpc) is 3.22. The Labute approximate surface area is 135 Å². The van der Waals surface area contributed by atoms with Crippen LogP contribution in [0.2, 0.25) is 0 Å². The van der Waals surface area contributed by atoms with Crippen LogP contribution in [0.1, 0.15) is 46.0 Å². The molecule has 1 unspecified atom stereocenters. The smallest absolute Gasteiger partial charge is 0.383 e. The number of nitrogens with zero attached hydrogens (tertiary/aromatic N) is 1. The minimum atomic E-state index is -4.58. The molecule has 1 atom stereocenters. The third-order valence-electron chi connectivity index (χ3n) is 5.02. The van der Waals surface area contributed by atoms with Crippen LogP contribution in [0.25, 0.3) is 0 Å². The molecule has 2 fully saturated rings. The first-order valence-electron chi connectivity index (χ1n) is 8.40. The van der Waals surface area contributed by atoms with Crippen molar-refractivity contribution in [3.05, 3.63) is 0 Å². The SMILES string of the molecule is CC(C)CC1(CNC(=O)N2CCC(C(O)C(F)(F)F)CC2)CC1. The van der Waals surface area contributed by atoms with Crippen LogP contribution in [0.3, 0.4) is 0 Å². The van der Waals surface area contributed by atoms with Crippen LogP contribution in [0.4, 0.5) is 18.0 Å². The summed E-state index contributed by atoms with van der Waals surface area (Å²) in [6.45, 7) is 5.51. The lowest BCUT2D eigenvalue weighted by Crippen LogP contribution is -2.49. The summed E-state index contributed by atoms with van der Waals surface area (Å²) >= 11 is 0. The molecule has 1 saturated carbocycles. The van der Waals surface area contributed by atoms with Crippen LogP contribution >= 0.6 is 0 Å². The fraction of sp³-hybridized carbons (Fsp3) is 0.938. The number of aliphatic hydroxyl groups excluding tert-OH is 1. The highest BCUT2D eigenvalue weighted by atomic mass is 19.4. The van der Waals surface area contributed by atoms with Gasteiger partial charge in [-0.15, -0.1) is 0 Å². The van der Waals surface area contributed by atoms with Gasteiger partial charge in [0.2, 0.25) is 0 Å². The van der Waals surface area contributed by atoms with E-state index in [1.54, 1.807) is 4.90 Å². The summed E-state index contributed by atoms with van der Waals surface area (Å²) in [5.74, 6) is -0.219. The number of amides is 2. The van der Waals surface area contributed by atoms with Gasteiger partial charge in [-0.1, -0.05) is 13.8 Å². The summed E-state index contributed by atoms with van der Waals surface area (Å²) in [4.78, 5) is 13.7. The van der Waals surface area contributed by atoms with Gasteiger partial charge in [-0.05, 0) is 49.4 Å². The molecule has 0 aromatic heterocycles. The summed E-state index contributed by atoms with van der Waals surface area (Å²) < 4.78 is 37.5. The van der Waals surface area contributed by atoms with Gasteiger partial charge < -0.3 is 15.3 Å². The molecule has 0 spiro atoms. The highest BCUT2D eigenvalue weighted by Crippen LogP contribution is 2.50. The van der Waals surface area contributed by atoms with Crippen molar-refractivity contribution in [1.29, 1.82) is 0 Å². The van der Waals surface area contributed by atoms with Crippen LogP contribution in [-0.4, -0.2) is 48.0 Å². The number of carbonyl (C=O) groups excluding carboxylic acids is 1. The third kappa shape index (κ3) is 4.99. The van der Waals surface area contributed by atoms with Crippen LogP contribution in [0.15, 0.2) is 0 Å². The maximum atomic E-state index is 12.5. The molecular weight excluding hydrogens is 309 g/mol. The maximum Gasteiger partial charge on any atom is 0.414 e. The monoisotopic (exact) mass is 336 g/mol. The number of nitrogens with one attached hydrogen (secondary N) is 1. The molecule has 23 heavy (non-hydrogen) atoms. The van der Waals surface area contributed by atoms with Crippen molar-refractivity contribution >= 4 is 6.03 Å². The van der Waals surface area contributed by atoms with Crippen LogP contribution in [0, 0.1) is 17.3 Å². The minimum Gasteiger partial charge on any atom is -0.383 e. The van der Waals surface area contributed by atoms with Gasteiger partial charge in [0.1, 0.15) is 0 Å². The Bertz CT molecular complexity index is 414. The quantitative estimate of drug-likeness (QED) is 0.810. The van der Waals surface area contributed by atoms with Gasteiger partial charge in [-0.3, -0.25) is 0 Å². The number of hydrogen-bond acceptors (Lipinski definition) is 2. The molecular formula is C16H27F3N2O2. The molecule has 2 aliphatic rings. The first kappa shape index (κ1) is 18.4. The van der Waals surface area contributed by atoms with Crippen molar-refractivity contribution in [2.75, 3.05) is 19.6 Å². The number of carbonyl (C=O) groups is 1. The molecule has 0 bridgehead atoms. The van der Waals surface area contributed by atoms with Crippen LogP contribution < -0.4 is 5.32 Å². The first-order chi connectivity index (χ1) is 10.6. The summed E-state index contributed by atoms with van der Waals surface area (Å²) in [6, 6.07) is -0.194. The molecule has 4 nitrogen and oxygen atoms in total. The van der Waals surface area contributed by atoms with Crippen molar-refractivity contribution in [2.45, 2.75) is 58.2 Å². The molecule has 2 amide bonds. The Morgan fingerprint density at radius 1 is 1.30 bits per heavy atom. The molecule has 7 heteroatoms. The standard InChI is InChI=1S/C16H27F3N2O2/c1-11(2)9-15(5-6-15)10-20-14(23)21-7-3-12(4-8-21)13(22)16(17,18)19/h11-13,22H,3-10H2,1-2H3,(H,20,23). The van der Waals surface area contributed by atoms with Gasteiger partial charge in [0.15, 0.2) is 6.10 Å². The van der Waals surface area contributed by atoms with Crippen molar-refractivity contribution in [2.24, 2.45) is 17.3 Å². The van der Waals surface area contributed by atoms with E-state index in [9.17, 15) is 23.1 Å². The Hall–Kier alpha value is -0.980. The van der Waals surface area contributed by atoms with Crippen molar-refractivity contribution in [3.63, 3.8) is 0 Å². The maximum absolute atomic E-state index is 12.5.